The van der Waals surface area contributed by atoms with Gasteiger partial charge in [-0.3, -0.25) is 5.43 Å². The second-order valence-electron chi connectivity index (χ2n) is 6.65. The van der Waals surface area contributed by atoms with Gasteiger partial charge in [0.05, 0.1) is 4.90 Å². The Bertz CT molecular complexity index is 1170. The first kappa shape index (κ1) is 22.0. The maximum Gasteiger partial charge on any atom is 0.226 e. The molecule has 1 N–H and O–H groups in total. The summed E-state index contributed by atoms with van der Waals surface area (Å²) >= 11 is 7.15. The lowest BCUT2D eigenvalue weighted by atomic mass is 10.2. The molecule has 0 bridgehead atoms. The first-order valence-corrected chi connectivity index (χ1v) is 11.7. The van der Waals surface area contributed by atoms with Crippen LogP contribution < -0.4 is 10.3 Å². The molecule has 0 saturated carbocycles. The minimum Gasteiger partial charge on any atom is -0.378 e. The maximum atomic E-state index is 12.8. The smallest absolute Gasteiger partial charge is 0.226 e. The Balaban J connectivity index is 1.66. The number of halogens is 1. The zero-order valence-corrected chi connectivity index (χ0v) is 19.1. The average Bonchev–Trinajstić information content (AvgIpc) is 3.10. The molecule has 0 aliphatic rings. The van der Waals surface area contributed by atoms with Crippen LogP contribution in [-0.4, -0.2) is 33.7 Å². The number of sulfone groups is 1. The number of rotatable bonds is 7. The molecule has 1 heterocycles. The zero-order valence-electron chi connectivity index (χ0n) is 16.7. The lowest BCUT2D eigenvalue weighted by Gasteiger charge is -2.11. The normalized spacial score (nSPS) is 12.0. The molecular weight excluding hydrogens is 440 g/mol. The monoisotopic (exact) mass is 460 g/mol. The van der Waals surface area contributed by atoms with Crippen molar-refractivity contribution in [1.82, 2.24) is 4.98 Å². The molecule has 3 aromatic rings. The summed E-state index contributed by atoms with van der Waals surface area (Å²) in [6, 6.07) is 14.6. The van der Waals surface area contributed by atoms with Crippen molar-refractivity contribution >= 4 is 55.9 Å². The van der Waals surface area contributed by atoms with E-state index in [1.165, 1.54) is 0 Å². The van der Waals surface area contributed by atoms with Crippen LogP contribution in [0.5, 0.6) is 0 Å². The van der Waals surface area contributed by atoms with E-state index in [1.807, 2.05) is 56.3 Å². The molecule has 0 aliphatic heterocycles. The Hall–Kier alpha value is -2.68. The molecule has 3 rings (SSSR count). The van der Waals surface area contributed by atoms with E-state index in [9.17, 15) is 8.42 Å². The van der Waals surface area contributed by atoms with Gasteiger partial charge in [-0.25, -0.2) is 13.4 Å². The molecule has 30 heavy (non-hydrogen) atoms. The fourth-order valence-electron chi connectivity index (χ4n) is 2.50. The quantitative estimate of drug-likeness (QED) is 0.391. The van der Waals surface area contributed by atoms with E-state index in [0.29, 0.717) is 5.13 Å². The predicted octanol–water partition coefficient (Wildman–Crippen LogP) is 5.11. The molecule has 0 amide bonds. The predicted molar refractivity (Wildman–Crippen MR) is 126 cm³/mol. The summed E-state index contributed by atoms with van der Waals surface area (Å²) < 4.78 is 25.6. The Labute approximate surface area is 185 Å². The maximum absolute atomic E-state index is 12.8. The first-order chi connectivity index (χ1) is 14.3. The van der Waals surface area contributed by atoms with Gasteiger partial charge in [0.15, 0.2) is 5.03 Å². The number of aryl methyl sites for hydroxylation is 1. The molecule has 0 atom stereocenters. The number of aromatic nitrogens is 1. The van der Waals surface area contributed by atoms with Crippen LogP contribution in [0, 0.1) is 6.92 Å². The van der Waals surface area contributed by atoms with Gasteiger partial charge in [-0.05, 0) is 42.8 Å². The summed E-state index contributed by atoms with van der Waals surface area (Å²) in [5, 5.41) is 4.17. The van der Waals surface area contributed by atoms with E-state index < -0.39 is 9.84 Å². The third-order valence-electron chi connectivity index (χ3n) is 4.16. The van der Waals surface area contributed by atoms with Crippen LogP contribution >= 0.6 is 22.9 Å². The first-order valence-electron chi connectivity index (χ1n) is 8.98. The van der Waals surface area contributed by atoms with Crippen LogP contribution in [0.2, 0.25) is 4.34 Å². The van der Waals surface area contributed by atoms with Crippen molar-refractivity contribution in [2.24, 2.45) is 5.10 Å². The highest BCUT2D eigenvalue weighted by Gasteiger charge is 2.25. The third-order valence-corrected chi connectivity index (χ3v) is 7.26. The van der Waals surface area contributed by atoms with Crippen molar-refractivity contribution in [3.05, 3.63) is 70.1 Å². The highest BCUT2D eigenvalue weighted by Crippen LogP contribution is 2.34. The highest BCUT2D eigenvalue weighted by atomic mass is 35.5. The van der Waals surface area contributed by atoms with E-state index in [1.54, 1.807) is 36.6 Å². The number of hydrogen-bond acceptors (Lipinski definition) is 7. The fraction of sp³-hybridized carbons (Fsp3) is 0.143. The topological polar surface area (TPSA) is 74.7 Å². The van der Waals surface area contributed by atoms with E-state index in [2.05, 4.69) is 15.5 Å². The minimum absolute atomic E-state index is 0.0878. The second-order valence-corrected chi connectivity index (χ2v) is 10.1. The number of nitrogens with one attached hydrogen (secondary N) is 1. The Morgan fingerprint density at radius 2 is 1.77 bits per heavy atom. The number of anilines is 2. The van der Waals surface area contributed by atoms with E-state index in [4.69, 9.17) is 11.6 Å². The van der Waals surface area contributed by atoms with Crippen molar-refractivity contribution in [2.45, 2.75) is 16.8 Å². The average molecular weight is 461 g/mol. The van der Waals surface area contributed by atoms with Gasteiger partial charge in [-0.1, -0.05) is 58.8 Å². The molecule has 0 saturated heterocycles. The van der Waals surface area contributed by atoms with Crippen molar-refractivity contribution in [1.29, 1.82) is 0 Å². The lowest BCUT2D eigenvalue weighted by molar-refractivity contribution is 0.593. The van der Waals surface area contributed by atoms with Crippen LogP contribution in [0.25, 0.3) is 6.08 Å². The molecular formula is C21H21ClN4O2S2. The van der Waals surface area contributed by atoms with Crippen LogP contribution in [0.4, 0.5) is 10.8 Å². The van der Waals surface area contributed by atoms with Crippen molar-refractivity contribution in [3.8, 4) is 0 Å². The number of thiazole rings is 1. The van der Waals surface area contributed by atoms with Gasteiger partial charge < -0.3 is 4.90 Å². The third kappa shape index (κ3) is 5.27. The van der Waals surface area contributed by atoms with Crippen molar-refractivity contribution in [3.63, 3.8) is 0 Å². The molecule has 1 aromatic heterocycles. The number of hydrogen-bond donors (Lipinski definition) is 1. The molecule has 0 aliphatic carbocycles. The minimum atomic E-state index is -3.79. The number of allylic oxidation sites excluding steroid dienone is 1. The molecule has 0 unspecified atom stereocenters. The van der Waals surface area contributed by atoms with E-state index >= 15 is 0 Å². The highest BCUT2D eigenvalue weighted by molar-refractivity contribution is 7.91. The Morgan fingerprint density at radius 1 is 1.10 bits per heavy atom. The Kier molecular flexibility index (Phi) is 6.91. The van der Waals surface area contributed by atoms with Crippen LogP contribution in [0.15, 0.2) is 69.6 Å². The van der Waals surface area contributed by atoms with Gasteiger partial charge in [-0.2, -0.15) is 5.10 Å². The number of hydrazone groups is 1. The zero-order chi connectivity index (χ0) is 21.7. The standard InChI is InChI=1S/C21H21ClN4O2S2/c1-15-6-12-18(13-7-15)30(27,28)20-19(22)29-21(24-20)25-23-14-4-5-16-8-10-17(11-9-16)26(2)3/h4-14H,1-3H3,(H,24,25)/b5-4+,23-14-. The fourth-order valence-corrected chi connectivity index (χ4v) is 5.26. The van der Waals surface area contributed by atoms with Crippen molar-refractivity contribution in [2.75, 3.05) is 24.4 Å². The summed E-state index contributed by atoms with van der Waals surface area (Å²) in [5.74, 6) is 0. The van der Waals surface area contributed by atoms with E-state index in [0.717, 1.165) is 28.2 Å². The SMILES string of the molecule is Cc1ccc(S(=O)(=O)c2nc(N/N=C\C=C\c3ccc(N(C)C)cc3)sc2Cl)cc1. The van der Waals surface area contributed by atoms with Gasteiger partial charge >= 0.3 is 0 Å². The van der Waals surface area contributed by atoms with Crippen molar-refractivity contribution < 1.29 is 8.42 Å². The van der Waals surface area contributed by atoms with Gasteiger partial charge in [0.2, 0.25) is 15.0 Å². The van der Waals surface area contributed by atoms with Crippen LogP contribution in [0.3, 0.4) is 0 Å². The van der Waals surface area contributed by atoms with Gasteiger partial charge in [0, 0.05) is 26.0 Å². The number of benzene rings is 2. The molecule has 2 aromatic carbocycles. The number of nitrogens with zero attached hydrogens (tertiary/aromatic N) is 3. The molecule has 9 heteroatoms. The van der Waals surface area contributed by atoms with Gasteiger partial charge in [-0.15, -0.1) is 0 Å². The second kappa shape index (κ2) is 9.42. The van der Waals surface area contributed by atoms with Gasteiger partial charge in [0.1, 0.15) is 4.34 Å². The van der Waals surface area contributed by atoms with Crippen LogP contribution in [-0.2, 0) is 9.84 Å². The molecule has 0 fully saturated rings. The molecule has 156 valence electrons. The lowest BCUT2D eigenvalue weighted by Crippen LogP contribution is -2.07. The van der Waals surface area contributed by atoms with Gasteiger partial charge in [0.25, 0.3) is 0 Å². The summed E-state index contributed by atoms with van der Waals surface area (Å²) in [5.41, 5.74) is 5.85. The van der Waals surface area contributed by atoms with E-state index in [-0.39, 0.29) is 14.3 Å². The Morgan fingerprint density at radius 3 is 2.40 bits per heavy atom. The summed E-state index contributed by atoms with van der Waals surface area (Å²) in [6.07, 6.45) is 5.24. The molecule has 0 radical (unpaired) electrons. The summed E-state index contributed by atoms with van der Waals surface area (Å²) in [4.78, 5) is 6.29. The molecule has 6 nitrogen and oxygen atoms in total. The summed E-state index contributed by atoms with van der Waals surface area (Å²) in [6.45, 7) is 1.89. The molecule has 0 spiro atoms. The summed E-state index contributed by atoms with van der Waals surface area (Å²) in [7, 11) is 0.195. The largest absolute Gasteiger partial charge is 0.378 e. The van der Waals surface area contributed by atoms with Crippen LogP contribution in [0.1, 0.15) is 11.1 Å².